The zero-order valence-electron chi connectivity index (χ0n) is 17.1. The van der Waals surface area contributed by atoms with Crippen LogP contribution in [0.4, 0.5) is 4.79 Å². The third-order valence-electron chi connectivity index (χ3n) is 7.00. The molecule has 29 heavy (non-hydrogen) atoms. The Bertz CT molecular complexity index is 684. The molecule has 3 saturated heterocycles. The molecule has 4 fully saturated rings. The van der Waals surface area contributed by atoms with Crippen molar-refractivity contribution in [3.63, 3.8) is 0 Å². The van der Waals surface area contributed by atoms with Crippen molar-refractivity contribution in [2.75, 3.05) is 39.8 Å². The highest BCUT2D eigenvalue weighted by Gasteiger charge is 2.45. The van der Waals surface area contributed by atoms with Gasteiger partial charge in [-0.2, -0.15) is 0 Å². The summed E-state index contributed by atoms with van der Waals surface area (Å²) in [6.07, 6.45) is 5.57. The maximum absolute atomic E-state index is 13.0. The number of carbonyl (C=O) groups excluding carboxylic acids is 4. The molecule has 4 rings (SSSR count). The number of nitrogens with one attached hydrogen (secondary N) is 2. The SMILES string of the molecule is CN1C(=O)NC(=O)C2CC(C(=O)N3CCN(C(=O)C4CCCCC4)CC3)CNC21. The molecule has 1 aliphatic carbocycles. The lowest BCUT2D eigenvalue weighted by atomic mass is 9.85. The number of nitrogens with zero attached hydrogens (tertiary/aromatic N) is 3. The van der Waals surface area contributed by atoms with Gasteiger partial charge in [0.2, 0.25) is 17.7 Å². The maximum Gasteiger partial charge on any atom is 0.325 e. The number of rotatable bonds is 2. The van der Waals surface area contributed by atoms with Crippen molar-refractivity contribution in [1.82, 2.24) is 25.3 Å². The highest BCUT2D eigenvalue weighted by Crippen LogP contribution is 2.28. The van der Waals surface area contributed by atoms with E-state index in [4.69, 9.17) is 0 Å². The Kier molecular flexibility index (Phi) is 5.76. The largest absolute Gasteiger partial charge is 0.339 e. The van der Waals surface area contributed by atoms with E-state index in [0.717, 1.165) is 25.7 Å². The van der Waals surface area contributed by atoms with E-state index in [-0.39, 0.29) is 35.7 Å². The molecule has 9 heteroatoms. The lowest BCUT2D eigenvalue weighted by molar-refractivity contribution is -0.146. The first-order valence-electron chi connectivity index (χ1n) is 10.8. The third-order valence-corrected chi connectivity index (χ3v) is 7.00. The van der Waals surface area contributed by atoms with Gasteiger partial charge in [0.1, 0.15) is 0 Å². The van der Waals surface area contributed by atoms with Crippen LogP contribution in [0.1, 0.15) is 38.5 Å². The molecule has 9 nitrogen and oxygen atoms in total. The number of fused-ring (bicyclic) bond motifs is 1. The number of carbonyl (C=O) groups is 4. The van der Waals surface area contributed by atoms with Crippen LogP contribution in [0, 0.1) is 17.8 Å². The van der Waals surface area contributed by atoms with Gasteiger partial charge in [-0.1, -0.05) is 19.3 Å². The van der Waals surface area contributed by atoms with Gasteiger partial charge in [0.15, 0.2) is 0 Å². The van der Waals surface area contributed by atoms with Crippen LogP contribution >= 0.6 is 0 Å². The summed E-state index contributed by atoms with van der Waals surface area (Å²) < 4.78 is 0. The van der Waals surface area contributed by atoms with Crippen molar-refractivity contribution in [3.8, 4) is 0 Å². The fourth-order valence-electron chi connectivity index (χ4n) is 5.20. The molecule has 0 aromatic carbocycles. The van der Waals surface area contributed by atoms with Crippen LogP contribution in [0.3, 0.4) is 0 Å². The van der Waals surface area contributed by atoms with E-state index >= 15 is 0 Å². The summed E-state index contributed by atoms with van der Waals surface area (Å²) in [4.78, 5) is 55.0. The topological polar surface area (TPSA) is 102 Å². The number of imide groups is 1. The number of piperazine rings is 1. The Labute approximate surface area is 171 Å². The molecule has 0 bridgehead atoms. The summed E-state index contributed by atoms with van der Waals surface area (Å²) in [5.74, 6) is -0.571. The first-order valence-corrected chi connectivity index (χ1v) is 10.8. The molecule has 2 N–H and O–H groups in total. The Balaban J connectivity index is 1.30. The van der Waals surface area contributed by atoms with Crippen molar-refractivity contribution in [1.29, 1.82) is 0 Å². The molecular formula is C20H31N5O4. The lowest BCUT2D eigenvalue weighted by Crippen LogP contribution is -2.67. The molecule has 3 heterocycles. The van der Waals surface area contributed by atoms with Crippen LogP contribution in [0.15, 0.2) is 0 Å². The van der Waals surface area contributed by atoms with Gasteiger partial charge in [0.05, 0.1) is 18.0 Å². The van der Waals surface area contributed by atoms with Crippen LogP contribution in [-0.2, 0) is 14.4 Å². The van der Waals surface area contributed by atoms with Crippen LogP contribution in [-0.4, -0.2) is 84.4 Å². The predicted octanol–water partition coefficient (Wildman–Crippen LogP) is -0.0291. The number of urea groups is 1. The van der Waals surface area contributed by atoms with Crippen LogP contribution in [0.2, 0.25) is 0 Å². The van der Waals surface area contributed by atoms with E-state index in [0.29, 0.717) is 39.1 Å². The molecule has 0 radical (unpaired) electrons. The molecule has 3 atom stereocenters. The first kappa shape index (κ1) is 20.1. The van der Waals surface area contributed by atoms with E-state index in [2.05, 4.69) is 10.6 Å². The van der Waals surface area contributed by atoms with Gasteiger partial charge in [0.25, 0.3) is 0 Å². The monoisotopic (exact) mass is 405 g/mol. The van der Waals surface area contributed by atoms with Crippen molar-refractivity contribution in [2.24, 2.45) is 17.8 Å². The Morgan fingerprint density at radius 1 is 0.897 bits per heavy atom. The minimum atomic E-state index is -0.422. The Hall–Kier alpha value is -2.16. The second-order valence-electron chi connectivity index (χ2n) is 8.78. The normalized spacial score (nSPS) is 31.3. The predicted molar refractivity (Wildman–Crippen MR) is 104 cm³/mol. The quantitative estimate of drug-likeness (QED) is 0.672. The van der Waals surface area contributed by atoms with Crippen molar-refractivity contribution < 1.29 is 19.2 Å². The molecular weight excluding hydrogens is 374 g/mol. The number of piperidine rings is 1. The van der Waals surface area contributed by atoms with E-state index in [1.165, 1.54) is 11.3 Å². The lowest BCUT2D eigenvalue weighted by Gasteiger charge is -2.45. The Morgan fingerprint density at radius 2 is 1.48 bits per heavy atom. The summed E-state index contributed by atoms with van der Waals surface area (Å²) >= 11 is 0. The number of hydrogen-bond acceptors (Lipinski definition) is 5. The highest BCUT2D eigenvalue weighted by molar-refractivity contribution is 5.98. The van der Waals surface area contributed by atoms with Crippen molar-refractivity contribution in [3.05, 3.63) is 0 Å². The molecule has 3 aliphatic heterocycles. The van der Waals surface area contributed by atoms with Crippen LogP contribution in [0.25, 0.3) is 0 Å². The van der Waals surface area contributed by atoms with E-state index < -0.39 is 11.9 Å². The molecule has 0 aromatic heterocycles. The van der Waals surface area contributed by atoms with Crippen LogP contribution in [0.5, 0.6) is 0 Å². The molecule has 0 spiro atoms. The smallest absolute Gasteiger partial charge is 0.325 e. The average molecular weight is 405 g/mol. The molecule has 5 amide bonds. The number of hydrogen-bond donors (Lipinski definition) is 2. The molecule has 160 valence electrons. The zero-order valence-corrected chi connectivity index (χ0v) is 17.1. The average Bonchev–Trinajstić information content (AvgIpc) is 2.77. The third kappa shape index (κ3) is 3.97. The minimum absolute atomic E-state index is 0.0352. The fraction of sp³-hybridized carbons (Fsp3) is 0.800. The van der Waals surface area contributed by atoms with E-state index in [9.17, 15) is 19.2 Å². The first-order chi connectivity index (χ1) is 14.0. The van der Waals surface area contributed by atoms with Crippen LogP contribution < -0.4 is 10.6 Å². The van der Waals surface area contributed by atoms with E-state index in [1.54, 1.807) is 7.05 Å². The second kappa shape index (κ2) is 8.30. The molecule has 4 aliphatic rings. The van der Waals surface area contributed by atoms with Gasteiger partial charge in [-0.05, 0) is 19.3 Å². The van der Waals surface area contributed by atoms with Gasteiger partial charge >= 0.3 is 6.03 Å². The Morgan fingerprint density at radius 3 is 2.10 bits per heavy atom. The number of amides is 5. The standard InChI is InChI=1S/C20H31N5O4/c1-23-16-15(17(26)22-20(23)29)11-14(12-21-16)19(28)25-9-7-24(8-10-25)18(27)13-5-3-2-4-6-13/h13-16,21H,2-12H2,1H3,(H,22,26,29). The van der Waals surface area contributed by atoms with Gasteiger partial charge in [-0.15, -0.1) is 0 Å². The van der Waals surface area contributed by atoms with Gasteiger partial charge in [-0.3, -0.25) is 25.0 Å². The van der Waals surface area contributed by atoms with Gasteiger partial charge in [0, 0.05) is 45.7 Å². The molecule has 0 aromatic rings. The molecule has 3 unspecified atom stereocenters. The fourth-order valence-corrected chi connectivity index (χ4v) is 5.20. The van der Waals surface area contributed by atoms with E-state index in [1.807, 2.05) is 9.80 Å². The van der Waals surface area contributed by atoms with Gasteiger partial charge < -0.3 is 14.7 Å². The summed E-state index contributed by atoms with van der Waals surface area (Å²) in [7, 11) is 1.65. The highest BCUT2D eigenvalue weighted by atomic mass is 16.2. The molecule has 1 saturated carbocycles. The maximum atomic E-state index is 13.0. The summed E-state index contributed by atoms with van der Waals surface area (Å²) in [5.41, 5.74) is 0. The van der Waals surface area contributed by atoms with Crippen molar-refractivity contribution >= 4 is 23.8 Å². The van der Waals surface area contributed by atoms with Crippen molar-refractivity contribution in [2.45, 2.75) is 44.7 Å². The zero-order chi connectivity index (χ0) is 20.5. The summed E-state index contributed by atoms with van der Waals surface area (Å²) in [5, 5.41) is 5.56. The minimum Gasteiger partial charge on any atom is -0.339 e. The summed E-state index contributed by atoms with van der Waals surface area (Å²) in [6.45, 7) is 2.72. The second-order valence-corrected chi connectivity index (χ2v) is 8.78. The summed E-state index contributed by atoms with van der Waals surface area (Å²) in [6, 6.07) is -0.410. The van der Waals surface area contributed by atoms with Gasteiger partial charge in [-0.25, -0.2) is 4.79 Å².